The van der Waals surface area contributed by atoms with Crippen LogP contribution in [-0.2, 0) is 5.33 Å². The maximum atomic E-state index is 4.46. The average molecular weight is 271 g/mol. The van der Waals surface area contributed by atoms with Gasteiger partial charge in [0.25, 0.3) is 0 Å². The first kappa shape index (κ1) is 12.5. The third kappa shape index (κ3) is 2.94. The SMILES string of the molecule is CCC(CC)N(C)c1ncccc1CBr. The second-order valence-corrected chi connectivity index (χ2v) is 4.26. The van der Waals surface area contributed by atoms with Crippen molar-refractivity contribution in [1.82, 2.24) is 4.98 Å². The van der Waals surface area contributed by atoms with Gasteiger partial charge in [-0.25, -0.2) is 4.98 Å². The molecular formula is C12H19BrN2. The molecule has 3 heteroatoms. The Bertz CT molecular complexity index is 297. The third-order valence-electron chi connectivity index (χ3n) is 2.84. The van der Waals surface area contributed by atoms with Crippen molar-refractivity contribution in [2.75, 3.05) is 11.9 Å². The monoisotopic (exact) mass is 270 g/mol. The van der Waals surface area contributed by atoms with E-state index in [1.165, 1.54) is 5.56 Å². The van der Waals surface area contributed by atoms with Crippen LogP contribution in [0.1, 0.15) is 32.3 Å². The maximum Gasteiger partial charge on any atom is 0.132 e. The van der Waals surface area contributed by atoms with Crippen molar-refractivity contribution in [1.29, 1.82) is 0 Å². The smallest absolute Gasteiger partial charge is 0.132 e. The molecule has 0 radical (unpaired) electrons. The number of hydrogen-bond acceptors (Lipinski definition) is 2. The first-order valence-corrected chi connectivity index (χ1v) is 6.59. The van der Waals surface area contributed by atoms with Crippen LogP contribution in [0.3, 0.4) is 0 Å². The molecule has 84 valence electrons. The summed E-state index contributed by atoms with van der Waals surface area (Å²) in [7, 11) is 2.13. The Hall–Kier alpha value is -0.570. The summed E-state index contributed by atoms with van der Waals surface area (Å²) in [6.07, 6.45) is 4.18. The molecule has 0 unspecified atom stereocenters. The molecule has 1 heterocycles. The molecule has 0 aliphatic heterocycles. The van der Waals surface area contributed by atoms with Gasteiger partial charge in [-0.05, 0) is 18.9 Å². The van der Waals surface area contributed by atoms with E-state index in [2.05, 4.69) is 52.8 Å². The second-order valence-electron chi connectivity index (χ2n) is 3.70. The van der Waals surface area contributed by atoms with Gasteiger partial charge in [0.2, 0.25) is 0 Å². The van der Waals surface area contributed by atoms with Crippen molar-refractivity contribution in [3.8, 4) is 0 Å². The minimum Gasteiger partial charge on any atom is -0.356 e. The predicted molar refractivity (Wildman–Crippen MR) is 69.6 cm³/mol. The maximum absolute atomic E-state index is 4.46. The molecule has 1 rings (SSSR count). The summed E-state index contributed by atoms with van der Waals surface area (Å²) in [5.74, 6) is 1.10. The van der Waals surface area contributed by atoms with Gasteiger partial charge < -0.3 is 4.90 Å². The molecule has 0 bridgehead atoms. The number of nitrogens with zero attached hydrogens (tertiary/aromatic N) is 2. The van der Waals surface area contributed by atoms with Crippen molar-refractivity contribution < 1.29 is 0 Å². The summed E-state index contributed by atoms with van der Waals surface area (Å²) >= 11 is 3.50. The van der Waals surface area contributed by atoms with Crippen LogP contribution in [0.25, 0.3) is 0 Å². The summed E-state index contributed by atoms with van der Waals surface area (Å²) < 4.78 is 0. The number of aromatic nitrogens is 1. The van der Waals surface area contributed by atoms with Crippen molar-refractivity contribution in [2.45, 2.75) is 38.1 Å². The Balaban J connectivity index is 2.93. The zero-order chi connectivity index (χ0) is 11.3. The molecule has 0 spiro atoms. The van der Waals surface area contributed by atoms with Crippen LogP contribution in [-0.4, -0.2) is 18.1 Å². The standard InChI is InChI=1S/C12H19BrN2/c1-4-11(5-2)15(3)12-10(9-13)7-6-8-14-12/h6-8,11H,4-5,9H2,1-3H3. The molecule has 0 amide bonds. The normalized spacial score (nSPS) is 10.7. The van der Waals surface area contributed by atoms with Crippen molar-refractivity contribution in [3.05, 3.63) is 23.9 Å². The van der Waals surface area contributed by atoms with Gasteiger partial charge in [0.05, 0.1) is 0 Å². The molecule has 2 nitrogen and oxygen atoms in total. The summed E-state index contributed by atoms with van der Waals surface area (Å²) in [6, 6.07) is 4.69. The fraction of sp³-hybridized carbons (Fsp3) is 0.583. The highest BCUT2D eigenvalue weighted by Crippen LogP contribution is 2.22. The van der Waals surface area contributed by atoms with Crippen LogP contribution in [0.4, 0.5) is 5.82 Å². The van der Waals surface area contributed by atoms with Gasteiger partial charge in [-0.15, -0.1) is 0 Å². The van der Waals surface area contributed by atoms with E-state index in [1.54, 1.807) is 0 Å². The molecule has 0 aliphatic rings. The molecule has 0 saturated carbocycles. The first-order valence-electron chi connectivity index (χ1n) is 5.47. The van der Waals surface area contributed by atoms with E-state index in [4.69, 9.17) is 0 Å². The average Bonchev–Trinajstić information content (AvgIpc) is 2.30. The van der Waals surface area contributed by atoms with E-state index < -0.39 is 0 Å². The van der Waals surface area contributed by atoms with Gasteiger partial charge in [-0.2, -0.15) is 0 Å². The summed E-state index contributed by atoms with van der Waals surface area (Å²) in [5, 5.41) is 0.862. The summed E-state index contributed by atoms with van der Waals surface area (Å²) in [5.41, 5.74) is 1.26. The number of hydrogen-bond donors (Lipinski definition) is 0. The number of halogens is 1. The fourth-order valence-corrected chi connectivity index (χ4v) is 2.30. The topological polar surface area (TPSA) is 16.1 Å². The molecule has 15 heavy (non-hydrogen) atoms. The van der Waals surface area contributed by atoms with Crippen LogP contribution in [0.5, 0.6) is 0 Å². The third-order valence-corrected chi connectivity index (χ3v) is 3.44. The minimum absolute atomic E-state index is 0.581. The van der Waals surface area contributed by atoms with E-state index >= 15 is 0 Å². The Morgan fingerprint density at radius 1 is 1.40 bits per heavy atom. The predicted octanol–water partition coefficient (Wildman–Crippen LogP) is 3.60. The zero-order valence-corrected chi connectivity index (χ0v) is 11.3. The van der Waals surface area contributed by atoms with Gasteiger partial charge in [-0.1, -0.05) is 35.8 Å². The van der Waals surface area contributed by atoms with Gasteiger partial charge in [0.1, 0.15) is 5.82 Å². The lowest BCUT2D eigenvalue weighted by Gasteiger charge is -2.28. The first-order chi connectivity index (χ1) is 7.24. The van der Waals surface area contributed by atoms with Gasteiger partial charge in [-0.3, -0.25) is 0 Å². The Morgan fingerprint density at radius 2 is 2.07 bits per heavy atom. The number of anilines is 1. The highest BCUT2D eigenvalue weighted by atomic mass is 79.9. The second kappa shape index (κ2) is 6.11. The van der Waals surface area contributed by atoms with Crippen molar-refractivity contribution >= 4 is 21.7 Å². The molecule has 1 aromatic rings. The number of alkyl halides is 1. The molecule has 0 saturated heterocycles. The van der Waals surface area contributed by atoms with E-state index in [-0.39, 0.29) is 0 Å². The quantitative estimate of drug-likeness (QED) is 0.761. The molecular weight excluding hydrogens is 252 g/mol. The van der Waals surface area contributed by atoms with Crippen LogP contribution < -0.4 is 4.90 Å². The van der Waals surface area contributed by atoms with Crippen LogP contribution in [0.15, 0.2) is 18.3 Å². The highest BCUT2D eigenvalue weighted by molar-refractivity contribution is 9.08. The van der Waals surface area contributed by atoms with Crippen molar-refractivity contribution in [3.63, 3.8) is 0 Å². The van der Waals surface area contributed by atoms with E-state index in [1.807, 2.05) is 12.3 Å². The van der Waals surface area contributed by atoms with Gasteiger partial charge in [0.15, 0.2) is 0 Å². The summed E-state index contributed by atoms with van der Waals surface area (Å²) in [4.78, 5) is 6.75. The molecule has 0 fully saturated rings. The Kier molecular flexibility index (Phi) is 5.09. The van der Waals surface area contributed by atoms with Crippen LogP contribution in [0.2, 0.25) is 0 Å². The van der Waals surface area contributed by atoms with Gasteiger partial charge >= 0.3 is 0 Å². The Morgan fingerprint density at radius 3 is 2.60 bits per heavy atom. The lowest BCUT2D eigenvalue weighted by molar-refractivity contribution is 0.585. The van der Waals surface area contributed by atoms with Crippen molar-refractivity contribution in [2.24, 2.45) is 0 Å². The number of rotatable bonds is 5. The molecule has 0 aliphatic carbocycles. The fourth-order valence-electron chi connectivity index (χ4n) is 1.86. The van der Waals surface area contributed by atoms with Gasteiger partial charge in [0, 0.05) is 30.2 Å². The molecule has 1 aromatic heterocycles. The lowest BCUT2D eigenvalue weighted by atomic mass is 10.1. The molecule has 0 N–H and O–H groups in total. The molecule has 0 aromatic carbocycles. The molecule has 0 atom stereocenters. The summed E-state index contributed by atoms with van der Waals surface area (Å²) in [6.45, 7) is 4.45. The van der Waals surface area contributed by atoms with E-state index in [0.717, 1.165) is 24.0 Å². The number of pyridine rings is 1. The van der Waals surface area contributed by atoms with E-state index in [9.17, 15) is 0 Å². The largest absolute Gasteiger partial charge is 0.356 e. The Labute approximate surface area is 101 Å². The lowest BCUT2D eigenvalue weighted by Crippen LogP contribution is -2.31. The zero-order valence-electron chi connectivity index (χ0n) is 9.70. The highest BCUT2D eigenvalue weighted by Gasteiger charge is 2.14. The van der Waals surface area contributed by atoms with E-state index in [0.29, 0.717) is 6.04 Å². The van der Waals surface area contributed by atoms with Crippen LogP contribution in [0, 0.1) is 0 Å². The van der Waals surface area contributed by atoms with Crippen LogP contribution >= 0.6 is 15.9 Å². The minimum atomic E-state index is 0.581.